The number of benzene rings is 2. The topological polar surface area (TPSA) is 73.6 Å². The average Bonchev–Trinajstić information content (AvgIpc) is 2.48. The van der Waals surface area contributed by atoms with Crippen molar-refractivity contribution in [3.63, 3.8) is 0 Å². The molecule has 2 aromatic rings. The molecule has 0 saturated heterocycles. The van der Waals surface area contributed by atoms with Crippen LogP contribution in [0.5, 0.6) is 17.2 Å². The summed E-state index contributed by atoms with van der Waals surface area (Å²) in [4.78, 5) is 10.4. The summed E-state index contributed by atoms with van der Waals surface area (Å²) < 4.78 is 11.0. The van der Waals surface area contributed by atoms with Crippen molar-refractivity contribution in [1.82, 2.24) is 0 Å². The molecule has 21 heavy (non-hydrogen) atoms. The Balaban J connectivity index is 2.23. The Morgan fingerprint density at radius 1 is 1.14 bits per heavy atom. The molecule has 0 unspecified atom stereocenters. The van der Waals surface area contributed by atoms with Crippen LogP contribution in [0, 0.1) is 10.1 Å². The van der Waals surface area contributed by atoms with E-state index in [2.05, 4.69) is 5.32 Å². The number of nitro benzene ring substituents is 1. The Bertz CT molecular complexity index is 626. The predicted octanol–water partition coefficient (Wildman–Crippen LogP) is 3.83. The van der Waals surface area contributed by atoms with Crippen molar-refractivity contribution in [2.45, 2.75) is 6.92 Å². The third-order valence-electron chi connectivity index (χ3n) is 2.81. The van der Waals surface area contributed by atoms with Gasteiger partial charge in [0, 0.05) is 24.9 Å². The monoisotopic (exact) mass is 288 g/mol. The van der Waals surface area contributed by atoms with Crippen molar-refractivity contribution in [2.24, 2.45) is 0 Å². The lowest BCUT2D eigenvalue weighted by molar-refractivity contribution is -0.385. The van der Waals surface area contributed by atoms with Crippen LogP contribution in [-0.4, -0.2) is 18.6 Å². The summed E-state index contributed by atoms with van der Waals surface area (Å²) >= 11 is 0. The van der Waals surface area contributed by atoms with Crippen LogP contribution >= 0.6 is 0 Å². The van der Waals surface area contributed by atoms with Gasteiger partial charge in [-0.3, -0.25) is 10.1 Å². The van der Waals surface area contributed by atoms with Crippen molar-refractivity contribution >= 4 is 11.4 Å². The number of anilines is 1. The highest BCUT2D eigenvalue weighted by atomic mass is 16.6. The molecule has 0 atom stereocenters. The minimum Gasteiger partial charge on any atom is -0.487 e. The second-order valence-corrected chi connectivity index (χ2v) is 4.20. The van der Waals surface area contributed by atoms with Crippen LogP contribution in [0.3, 0.4) is 0 Å². The molecule has 0 spiro atoms. The van der Waals surface area contributed by atoms with Crippen molar-refractivity contribution in [3.05, 3.63) is 52.6 Å². The number of ether oxygens (including phenoxy) is 2. The van der Waals surface area contributed by atoms with Gasteiger partial charge in [-0.15, -0.1) is 0 Å². The van der Waals surface area contributed by atoms with Gasteiger partial charge in [0.15, 0.2) is 0 Å². The van der Waals surface area contributed by atoms with Gasteiger partial charge in [0.2, 0.25) is 5.75 Å². The molecule has 0 aliphatic heterocycles. The smallest absolute Gasteiger partial charge is 0.311 e. The standard InChI is InChI=1S/C15H16N2O4/c1-3-20-15-10-13(8-9-14(15)17(18)19)21-12-6-4-11(16-2)5-7-12/h4-10,16H,3H2,1-2H3. The normalized spacial score (nSPS) is 10.0. The van der Waals surface area contributed by atoms with Crippen LogP contribution in [0.1, 0.15) is 6.92 Å². The van der Waals surface area contributed by atoms with E-state index in [4.69, 9.17) is 9.47 Å². The molecule has 110 valence electrons. The zero-order chi connectivity index (χ0) is 15.2. The van der Waals surface area contributed by atoms with Gasteiger partial charge >= 0.3 is 5.69 Å². The molecule has 2 aromatic carbocycles. The maximum atomic E-state index is 10.9. The number of rotatable bonds is 6. The molecule has 0 heterocycles. The first-order chi connectivity index (χ1) is 10.1. The van der Waals surface area contributed by atoms with Crippen LogP contribution in [0.4, 0.5) is 11.4 Å². The van der Waals surface area contributed by atoms with E-state index in [0.29, 0.717) is 18.1 Å². The summed E-state index contributed by atoms with van der Waals surface area (Å²) in [6, 6.07) is 11.8. The fraction of sp³-hybridized carbons (Fsp3) is 0.200. The molecule has 0 fully saturated rings. The van der Waals surface area contributed by atoms with Gasteiger partial charge in [0.1, 0.15) is 11.5 Å². The number of nitro groups is 1. The van der Waals surface area contributed by atoms with E-state index in [1.54, 1.807) is 13.0 Å². The van der Waals surface area contributed by atoms with Gasteiger partial charge in [-0.1, -0.05) is 0 Å². The van der Waals surface area contributed by atoms with Crippen LogP contribution in [-0.2, 0) is 0 Å². The molecule has 1 N–H and O–H groups in total. The van der Waals surface area contributed by atoms with E-state index in [1.165, 1.54) is 12.1 Å². The third-order valence-corrected chi connectivity index (χ3v) is 2.81. The maximum Gasteiger partial charge on any atom is 0.311 e. The van der Waals surface area contributed by atoms with E-state index >= 15 is 0 Å². The van der Waals surface area contributed by atoms with Crippen LogP contribution < -0.4 is 14.8 Å². The van der Waals surface area contributed by atoms with E-state index in [1.807, 2.05) is 31.3 Å². The van der Waals surface area contributed by atoms with Crippen molar-refractivity contribution in [3.8, 4) is 17.2 Å². The van der Waals surface area contributed by atoms with Crippen molar-refractivity contribution in [2.75, 3.05) is 19.0 Å². The third kappa shape index (κ3) is 3.62. The fourth-order valence-corrected chi connectivity index (χ4v) is 1.81. The van der Waals surface area contributed by atoms with Gasteiger partial charge in [0.25, 0.3) is 0 Å². The quantitative estimate of drug-likeness (QED) is 0.646. The molecule has 0 radical (unpaired) electrons. The minimum absolute atomic E-state index is 0.0743. The van der Waals surface area contributed by atoms with Gasteiger partial charge in [0.05, 0.1) is 11.5 Å². The first-order valence-electron chi connectivity index (χ1n) is 6.51. The maximum absolute atomic E-state index is 10.9. The Labute approximate surface area is 122 Å². The second-order valence-electron chi connectivity index (χ2n) is 4.20. The van der Waals surface area contributed by atoms with Crippen molar-refractivity contribution < 1.29 is 14.4 Å². The molecule has 6 heteroatoms. The van der Waals surface area contributed by atoms with Crippen LogP contribution in [0.2, 0.25) is 0 Å². The van der Waals surface area contributed by atoms with E-state index in [0.717, 1.165) is 5.69 Å². The first-order valence-corrected chi connectivity index (χ1v) is 6.51. The lowest BCUT2D eigenvalue weighted by Gasteiger charge is -2.09. The van der Waals surface area contributed by atoms with E-state index in [9.17, 15) is 10.1 Å². The molecule has 6 nitrogen and oxygen atoms in total. The largest absolute Gasteiger partial charge is 0.487 e. The molecule has 0 aliphatic carbocycles. The summed E-state index contributed by atoms with van der Waals surface area (Å²) in [6.07, 6.45) is 0. The second kappa shape index (κ2) is 6.60. The molecule has 0 amide bonds. The first kappa shape index (κ1) is 14.6. The number of hydrogen-bond donors (Lipinski definition) is 1. The summed E-state index contributed by atoms with van der Waals surface area (Å²) in [5.74, 6) is 1.33. The molecule has 0 aromatic heterocycles. The van der Waals surface area contributed by atoms with Gasteiger partial charge in [-0.2, -0.15) is 0 Å². The number of nitrogens with one attached hydrogen (secondary N) is 1. The Morgan fingerprint density at radius 3 is 2.38 bits per heavy atom. The Kier molecular flexibility index (Phi) is 4.61. The summed E-state index contributed by atoms with van der Waals surface area (Å²) in [6.45, 7) is 2.12. The highest BCUT2D eigenvalue weighted by Crippen LogP contribution is 2.33. The highest BCUT2D eigenvalue weighted by molar-refractivity contribution is 5.52. The lowest BCUT2D eigenvalue weighted by atomic mass is 10.2. The van der Waals surface area contributed by atoms with E-state index in [-0.39, 0.29) is 11.4 Å². The van der Waals surface area contributed by atoms with Gasteiger partial charge < -0.3 is 14.8 Å². The fourth-order valence-electron chi connectivity index (χ4n) is 1.81. The number of nitrogens with zero attached hydrogens (tertiary/aromatic N) is 1. The van der Waals surface area contributed by atoms with Gasteiger partial charge in [-0.25, -0.2) is 0 Å². The SMILES string of the molecule is CCOc1cc(Oc2ccc(NC)cc2)ccc1[N+](=O)[O-]. The molecular weight excluding hydrogens is 272 g/mol. The van der Waals surface area contributed by atoms with Crippen LogP contribution in [0.15, 0.2) is 42.5 Å². The average molecular weight is 288 g/mol. The zero-order valence-electron chi connectivity index (χ0n) is 11.8. The predicted molar refractivity (Wildman–Crippen MR) is 80.3 cm³/mol. The van der Waals surface area contributed by atoms with Crippen LogP contribution in [0.25, 0.3) is 0 Å². The summed E-state index contributed by atoms with van der Waals surface area (Å²) in [7, 11) is 1.83. The lowest BCUT2D eigenvalue weighted by Crippen LogP contribution is -1.98. The molecule has 2 rings (SSSR count). The van der Waals surface area contributed by atoms with Gasteiger partial charge in [-0.05, 0) is 37.3 Å². The molecule has 0 saturated carbocycles. The summed E-state index contributed by atoms with van der Waals surface area (Å²) in [5, 5.41) is 13.9. The van der Waals surface area contributed by atoms with E-state index < -0.39 is 4.92 Å². The summed E-state index contributed by atoms with van der Waals surface area (Å²) in [5.41, 5.74) is 0.899. The highest BCUT2D eigenvalue weighted by Gasteiger charge is 2.16. The zero-order valence-corrected chi connectivity index (χ0v) is 11.8. The Hall–Kier alpha value is -2.76. The molecular formula is C15H16N2O4. The molecule has 0 aliphatic rings. The Morgan fingerprint density at radius 2 is 1.81 bits per heavy atom. The van der Waals surface area contributed by atoms with Crippen molar-refractivity contribution in [1.29, 1.82) is 0 Å². The number of hydrogen-bond acceptors (Lipinski definition) is 5. The molecule has 0 bridgehead atoms. The minimum atomic E-state index is -0.476.